The van der Waals surface area contributed by atoms with Crippen LogP contribution in [0.3, 0.4) is 0 Å². The van der Waals surface area contributed by atoms with Gasteiger partial charge in [0.25, 0.3) is 0 Å². The first kappa shape index (κ1) is 19.0. The van der Waals surface area contributed by atoms with E-state index < -0.39 is 0 Å². The quantitative estimate of drug-likeness (QED) is 0.413. The van der Waals surface area contributed by atoms with E-state index in [2.05, 4.69) is 27.4 Å². The lowest BCUT2D eigenvalue weighted by Crippen LogP contribution is -2.46. The van der Waals surface area contributed by atoms with Crippen molar-refractivity contribution >= 4 is 29.9 Å². The highest BCUT2D eigenvalue weighted by molar-refractivity contribution is 14.0. The Kier molecular flexibility index (Phi) is 9.59. The summed E-state index contributed by atoms with van der Waals surface area (Å²) in [4.78, 5) is 6.84. The Morgan fingerprint density at radius 2 is 2.10 bits per heavy atom. The van der Waals surface area contributed by atoms with E-state index in [-0.39, 0.29) is 24.0 Å². The first-order valence-electron chi connectivity index (χ1n) is 8.10. The number of rotatable bonds is 5. The lowest BCUT2D eigenvalue weighted by molar-refractivity contribution is 0.113. The molecular weight excluding hydrogens is 379 g/mol. The Morgan fingerprint density at radius 1 is 1.24 bits per heavy atom. The van der Waals surface area contributed by atoms with Crippen LogP contribution in [0.25, 0.3) is 0 Å². The molecule has 0 spiro atoms. The van der Waals surface area contributed by atoms with E-state index in [1.807, 2.05) is 7.05 Å². The van der Waals surface area contributed by atoms with Crippen LogP contribution in [0.1, 0.15) is 39.0 Å². The van der Waals surface area contributed by atoms with Gasteiger partial charge in [0.2, 0.25) is 0 Å². The van der Waals surface area contributed by atoms with E-state index in [9.17, 15) is 0 Å². The first-order valence-corrected chi connectivity index (χ1v) is 8.10. The number of nitrogens with zero attached hydrogens (tertiary/aromatic N) is 2. The highest BCUT2D eigenvalue weighted by Gasteiger charge is 2.18. The van der Waals surface area contributed by atoms with Gasteiger partial charge >= 0.3 is 0 Å². The minimum atomic E-state index is 0. The van der Waals surface area contributed by atoms with Gasteiger partial charge in [0, 0.05) is 39.3 Å². The van der Waals surface area contributed by atoms with Crippen molar-refractivity contribution in [2.45, 2.75) is 51.2 Å². The monoisotopic (exact) mass is 410 g/mol. The largest absolute Gasteiger partial charge is 0.376 e. The van der Waals surface area contributed by atoms with E-state index in [4.69, 9.17) is 4.74 Å². The molecule has 5 nitrogen and oxygen atoms in total. The van der Waals surface area contributed by atoms with Gasteiger partial charge in [-0.05, 0) is 39.2 Å². The fourth-order valence-corrected chi connectivity index (χ4v) is 3.04. The summed E-state index contributed by atoms with van der Waals surface area (Å²) in [5.74, 6) is 0.894. The number of nitrogens with one attached hydrogen (secondary N) is 2. The van der Waals surface area contributed by atoms with Crippen molar-refractivity contribution < 1.29 is 4.74 Å². The molecule has 2 aliphatic heterocycles. The van der Waals surface area contributed by atoms with Gasteiger partial charge in [-0.3, -0.25) is 9.89 Å². The Balaban J connectivity index is 0.00000220. The maximum atomic E-state index is 5.61. The molecule has 0 saturated carbocycles. The summed E-state index contributed by atoms with van der Waals surface area (Å²) in [6.07, 6.45) is 6.77. The molecule has 21 heavy (non-hydrogen) atoms. The highest BCUT2D eigenvalue weighted by Crippen LogP contribution is 2.15. The Labute approximate surface area is 146 Å². The molecule has 0 aromatic rings. The molecule has 0 aliphatic carbocycles. The topological polar surface area (TPSA) is 48.9 Å². The second-order valence-corrected chi connectivity index (χ2v) is 5.90. The molecule has 2 heterocycles. The van der Waals surface area contributed by atoms with E-state index in [0.717, 1.165) is 44.7 Å². The fourth-order valence-electron chi connectivity index (χ4n) is 3.04. The third-order valence-electron chi connectivity index (χ3n) is 4.38. The van der Waals surface area contributed by atoms with Gasteiger partial charge in [-0.25, -0.2) is 0 Å². The van der Waals surface area contributed by atoms with Crippen LogP contribution in [0.5, 0.6) is 0 Å². The molecule has 0 bridgehead atoms. The standard InChI is InChI=1S/C15H30N4O.HI/c1-13-6-3-4-9-19(13)10-8-17-15(16-2)18-12-14-7-5-11-20-14;/h13-14H,3-12H2,1-2H3,(H2,16,17,18);1H. The highest BCUT2D eigenvalue weighted by atomic mass is 127. The molecule has 2 saturated heterocycles. The van der Waals surface area contributed by atoms with Gasteiger partial charge in [-0.1, -0.05) is 6.42 Å². The smallest absolute Gasteiger partial charge is 0.191 e. The second-order valence-electron chi connectivity index (χ2n) is 5.90. The number of guanidine groups is 1. The van der Waals surface area contributed by atoms with Gasteiger partial charge in [-0.15, -0.1) is 24.0 Å². The molecule has 6 heteroatoms. The summed E-state index contributed by atoms with van der Waals surface area (Å²) >= 11 is 0. The molecule has 2 rings (SSSR count). The molecule has 2 atom stereocenters. The Bertz CT molecular complexity index is 308. The summed E-state index contributed by atoms with van der Waals surface area (Å²) in [7, 11) is 1.83. The number of aliphatic imine (C=N–C) groups is 1. The van der Waals surface area contributed by atoms with Gasteiger partial charge in [0.05, 0.1) is 6.10 Å². The lowest BCUT2D eigenvalue weighted by atomic mass is 10.0. The Morgan fingerprint density at radius 3 is 2.76 bits per heavy atom. The molecule has 2 fully saturated rings. The van der Waals surface area contributed by atoms with E-state index in [1.165, 1.54) is 32.2 Å². The zero-order chi connectivity index (χ0) is 14.2. The van der Waals surface area contributed by atoms with E-state index in [1.54, 1.807) is 0 Å². The Hall–Kier alpha value is -0.0800. The SMILES string of the molecule is CN=C(NCCN1CCCCC1C)NCC1CCCO1.I. The number of hydrogen-bond donors (Lipinski definition) is 2. The van der Waals surface area contributed by atoms with Crippen LogP contribution in [0, 0.1) is 0 Å². The zero-order valence-corrected chi connectivity index (χ0v) is 15.8. The summed E-state index contributed by atoms with van der Waals surface area (Å²) in [6, 6.07) is 0.729. The van der Waals surface area contributed by atoms with E-state index in [0.29, 0.717) is 6.10 Å². The van der Waals surface area contributed by atoms with Crippen molar-refractivity contribution in [3.05, 3.63) is 0 Å². The zero-order valence-electron chi connectivity index (χ0n) is 13.4. The van der Waals surface area contributed by atoms with Crippen LogP contribution in [-0.2, 0) is 4.74 Å². The lowest BCUT2D eigenvalue weighted by Gasteiger charge is -2.33. The normalized spacial score (nSPS) is 27.2. The van der Waals surface area contributed by atoms with E-state index >= 15 is 0 Å². The van der Waals surface area contributed by atoms with Crippen molar-refractivity contribution in [1.29, 1.82) is 0 Å². The predicted molar refractivity (Wildman–Crippen MR) is 98.6 cm³/mol. The van der Waals surface area contributed by atoms with Crippen molar-refractivity contribution in [3.63, 3.8) is 0 Å². The molecular formula is C15H31IN4O. The van der Waals surface area contributed by atoms with Gasteiger partial charge in [0.15, 0.2) is 5.96 Å². The third-order valence-corrected chi connectivity index (χ3v) is 4.38. The molecule has 124 valence electrons. The maximum absolute atomic E-state index is 5.61. The van der Waals surface area contributed by atoms with Crippen molar-refractivity contribution in [1.82, 2.24) is 15.5 Å². The minimum Gasteiger partial charge on any atom is -0.376 e. The average Bonchev–Trinajstić information content (AvgIpc) is 2.98. The molecule has 0 aromatic carbocycles. The third kappa shape index (κ3) is 6.69. The summed E-state index contributed by atoms with van der Waals surface area (Å²) < 4.78 is 5.61. The summed E-state index contributed by atoms with van der Waals surface area (Å²) in [6.45, 7) is 7.40. The molecule has 0 radical (unpaired) electrons. The molecule has 2 N–H and O–H groups in total. The summed E-state index contributed by atoms with van der Waals surface area (Å²) in [5, 5.41) is 6.76. The van der Waals surface area contributed by atoms with Gasteiger partial charge in [0.1, 0.15) is 0 Å². The molecule has 0 aromatic heterocycles. The summed E-state index contributed by atoms with van der Waals surface area (Å²) in [5.41, 5.74) is 0. The van der Waals surface area contributed by atoms with Crippen LogP contribution in [-0.4, -0.2) is 62.8 Å². The number of halogens is 1. The fraction of sp³-hybridized carbons (Fsp3) is 0.933. The van der Waals surface area contributed by atoms with Crippen LogP contribution >= 0.6 is 24.0 Å². The maximum Gasteiger partial charge on any atom is 0.191 e. The molecule has 2 unspecified atom stereocenters. The van der Waals surface area contributed by atoms with Crippen molar-refractivity contribution in [2.75, 3.05) is 39.8 Å². The average molecular weight is 410 g/mol. The van der Waals surface area contributed by atoms with Crippen LogP contribution in [0.4, 0.5) is 0 Å². The van der Waals surface area contributed by atoms with Crippen LogP contribution < -0.4 is 10.6 Å². The number of likely N-dealkylation sites (tertiary alicyclic amines) is 1. The molecule has 0 amide bonds. The van der Waals surface area contributed by atoms with Crippen molar-refractivity contribution in [3.8, 4) is 0 Å². The van der Waals surface area contributed by atoms with Gasteiger partial charge in [-0.2, -0.15) is 0 Å². The number of ether oxygens (including phenoxy) is 1. The second kappa shape index (κ2) is 10.6. The first-order chi connectivity index (χ1) is 9.79. The number of piperidine rings is 1. The van der Waals surface area contributed by atoms with Crippen molar-refractivity contribution in [2.24, 2.45) is 4.99 Å². The number of hydrogen-bond acceptors (Lipinski definition) is 3. The minimum absolute atomic E-state index is 0. The van der Waals surface area contributed by atoms with Gasteiger partial charge < -0.3 is 15.4 Å². The van der Waals surface area contributed by atoms with Crippen LogP contribution in [0.15, 0.2) is 4.99 Å². The predicted octanol–water partition coefficient (Wildman–Crippen LogP) is 1.82. The van der Waals surface area contributed by atoms with Crippen LogP contribution in [0.2, 0.25) is 0 Å². The molecule has 2 aliphatic rings.